The lowest BCUT2D eigenvalue weighted by atomic mass is 9.91. The van der Waals surface area contributed by atoms with E-state index in [0.29, 0.717) is 11.1 Å². The van der Waals surface area contributed by atoms with Gasteiger partial charge in [0, 0.05) is 32.1 Å². The topological polar surface area (TPSA) is 141 Å². The fraction of sp³-hybridized carbons (Fsp3) is 0.455. The molecule has 0 spiro atoms. The van der Waals surface area contributed by atoms with Crippen molar-refractivity contribution >= 4 is 5.91 Å². The van der Waals surface area contributed by atoms with Crippen molar-refractivity contribution in [3.8, 4) is 11.1 Å². The number of carbonyl (C=O) groups excluding carboxylic acids is 1. The maximum absolute atomic E-state index is 11.9. The van der Waals surface area contributed by atoms with E-state index in [-0.39, 0.29) is 5.91 Å². The van der Waals surface area contributed by atoms with E-state index in [1.54, 1.807) is 31.4 Å². The number of nitrogens with one attached hydrogen (secondary N) is 1. The van der Waals surface area contributed by atoms with E-state index in [4.69, 9.17) is 9.47 Å². The van der Waals surface area contributed by atoms with Gasteiger partial charge in [0.25, 0.3) is 5.91 Å². The summed E-state index contributed by atoms with van der Waals surface area (Å²) in [5.41, 5.74) is 3.31. The number of aliphatic hydroxyl groups excluding tert-OH is 4. The number of amides is 1. The molecule has 1 aromatic heterocycles. The van der Waals surface area contributed by atoms with Gasteiger partial charge in [0.2, 0.25) is 0 Å². The van der Waals surface area contributed by atoms with E-state index in [1.165, 1.54) is 13.3 Å². The molecule has 9 nitrogen and oxygen atoms in total. The van der Waals surface area contributed by atoms with Gasteiger partial charge in [0.05, 0.1) is 12.2 Å². The number of aliphatic hydroxyl groups is 4. The van der Waals surface area contributed by atoms with Crippen molar-refractivity contribution in [2.24, 2.45) is 0 Å². The lowest BCUT2D eigenvalue weighted by molar-refractivity contribution is -0.129. The van der Waals surface area contributed by atoms with E-state index in [1.807, 2.05) is 13.0 Å². The zero-order valence-corrected chi connectivity index (χ0v) is 17.6. The van der Waals surface area contributed by atoms with E-state index in [9.17, 15) is 25.2 Å². The van der Waals surface area contributed by atoms with Gasteiger partial charge in [0.1, 0.15) is 36.6 Å². The van der Waals surface area contributed by atoms with E-state index in [0.717, 1.165) is 16.7 Å². The average molecular weight is 432 g/mol. The molecule has 2 unspecified atom stereocenters. The molecule has 9 heteroatoms. The van der Waals surface area contributed by atoms with Crippen LogP contribution in [0.5, 0.6) is 0 Å². The molecule has 1 aliphatic heterocycles. The third kappa shape index (κ3) is 4.62. The Morgan fingerprint density at radius 2 is 1.97 bits per heavy atom. The van der Waals surface area contributed by atoms with Crippen LogP contribution in [0.25, 0.3) is 11.1 Å². The van der Waals surface area contributed by atoms with Crippen molar-refractivity contribution in [1.29, 1.82) is 0 Å². The Morgan fingerprint density at radius 3 is 2.55 bits per heavy atom. The molecule has 6 atom stereocenters. The van der Waals surface area contributed by atoms with Gasteiger partial charge in [-0.1, -0.05) is 18.2 Å². The van der Waals surface area contributed by atoms with Crippen LogP contribution in [0.3, 0.4) is 0 Å². The highest BCUT2D eigenvalue weighted by atomic mass is 16.6. The quantitative estimate of drug-likeness (QED) is 0.410. The molecule has 168 valence electrons. The Hall–Kier alpha value is -2.40. The fourth-order valence-electron chi connectivity index (χ4n) is 3.87. The highest BCUT2D eigenvalue weighted by molar-refractivity contribution is 5.94. The number of hydrogen-bond donors (Lipinski definition) is 5. The Bertz CT molecular complexity index is 922. The van der Waals surface area contributed by atoms with Gasteiger partial charge in [-0.2, -0.15) is 0 Å². The van der Waals surface area contributed by atoms with Crippen molar-refractivity contribution in [2.45, 2.75) is 43.5 Å². The smallest absolute Gasteiger partial charge is 0.252 e. The summed E-state index contributed by atoms with van der Waals surface area (Å²) in [4.78, 5) is 16.0. The SMILES string of the molecule is CNC(=O)c1cncc(-c2ccc([C@@H](O)[C@@H](OC)C3OC(CO)[C@@H](O)[C@@H]3O)c(C)c2)c1. The summed E-state index contributed by atoms with van der Waals surface area (Å²) in [6, 6.07) is 7.11. The molecule has 3 rings (SSSR count). The summed E-state index contributed by atoms with van der Waals surface area (Å²) in [7, 11) is 2.93. The Kier molecular flexibility index (Phi) is 7.37. The molecule has 2 aromatic rings. The van der Waals surface area contributed by atoms with Crippen LogP contribution in [-0.4, -0.2) is 82.6 Å². The van der Waals surface area contributed by atoms with Gasteiger partial charge >= 0.3 is 0 Å². The number of rotatable bonds is 7. The molecule has 1 aliphatic rings. The molecule has 0 aliphatic carbocycles. The van der Waals surface area contributed by atoms with Crippen LogP contribution in [-0.2, 0) is 9.47 Å². The second kappa shape index (κ2) is 9.82. The number of aromatic nitrogens is 1. The lowest BCUT2D eigenvalue weighted by Gasteiger charge is -2.29. The number of hydrogen-bond acceptors (Lipinski definition) is 8. The fourth-order valence-corrected chi connectivity index (χ4v) is 3.87. The molecule has 1 aromatic carbocycles. The standard InChI is InChI=1S/C22H28N2O7/c1-11-6-12(13-7-14(9-24-8-13)22(29)23-2)4-5-15(11)17(26)20(30-3)21-19(28)18(27)16(10-25)31-21/h4-9,16-21,25-28H,10H2,1-3H3,(H,23,29)/t16?,17-,18-,19+,20-,21?/m1/s1. The van der Waals surface area contributed by atoms with E-state index < -0.39 is 43.2 Å². The first kappa shape index (κ1) is 23.3. The number of nitrogens with zero attached hydrogens (tertiary/aromatic N) is 1. The molecule has 5 N–H and O–H groups in total. The third-order valence-corrected chi connectivity index (χ3v) is 5.64. The normalized spacial score (nSPS) is 25.3. The number of pyridine rings is 1. The highest BCUT2D eigenvalue weighted by Gasteiger charge is 2.48. The molecule has 0 radical (unpaired) electrons. The number of ether oxygens (including phenoxy) is 2. The predicted molar refractivity (Wildman–Crippen MR) is 111 cm³/mol. The summed E-state index contributed by atoms with van der Waals surface area (Å²) < 4.78 is 10.9. The lowest BCUT2D eigenvalue weighted by Crippen LogP contribution is -2.43. The highest BCUT2D eigenvalue weighted by Crippen LogP contribution is 2.33. The molecule has 1 saturated heterocycles. The summed E-state index contributed by atoms with van der Waals surface area (Å²) in [6.07, 6.45) is -3.54. The predicted octanol–water partition coefficient (Wildman–Crippen LogP) is -0.0535. The molecule has 1 fully saturated rings. The largest absolute Gasteiger partial charge is 0.394 e. The van der Waals surface area contributed by atoms with Crippen LogP contribution in [0, 0.1) is 6.92 Å². The molecule has 0 saturated carbocycles. The van der Waals surface area contributed by atoms with E-state index in [2.05, 4.69) is 10.3 Å². The minimum Gasteiger partial charge on any atom is -0.394 e. The monoisotopic (exact) mass is 432 g/mol. The molecule has 0 bridgehead atoms. The van der Waals surface area contributed by atoms with Gasteiger partial charge in [-0.25, -0.2) is 0 Å². The third-order valence-electron chi connectivity index (χ3n) is 5.64. The average Bonchev–Trinajstić information content (AvgIpc) is 3.07. The molecule has 31 heavy (non-hydrogen) atoms. The number of carbonyl (C=O) groups is 1. The summed E-state index contributed by atoms with van der Waals surface area (Å²) in [5, 5.41) is 43.1. The summed E-state index contributed by atoms with van der Waals surface area (Å²) >= 11 is 0. The number of aryl methyl sites for hydroxylation is 1. The van der Waals surface area contributed by atoms with Crippen molar-refractivity contribution in [3.05, 3.63) is 53.3 Å². The van der Waals surface area contributed by atoms with Gasteiger partial charge in [-0.05, 0) is 29.7 Å². The van der Waals surface area contributed by atoms with Crippen LogP contribution in [0.1, 0.15) is 27.6 Å². The van der Waals surface area contributed by atoms with Gasteiger partial charge < -0.3 is 35.2 Å². The zero-order valence-electron chi connectivity index (χ0n) is 17.6. The Labute approximate surface area is 180 Å². The van der Waals surface area contributed by atoms with Gasteiger partial charge in [0.15, 0.2) is 0 Å². The zero-order chi connectivity index (χ0) is 22.7. The van der Waals surface area contributed by atoms with E-state index >= 15 is 0 Å². The first-order valence-electron chi connectivity index (χ1n) is 9.93. The van der Waals surface area contributed by atoms with Crippen molar-refractivity contribution < 1.29 is 34.7 Å². The van der Waals surface area contributed by atoms with Crippen LogP contribution in [0.15, 0.2) is 36.7 Å². The van der Waals surface area contributed by atoms with Crippen molar-refractivity contribution in [1.82, 2.24) is 10.3 Å². The molecular weight excluding hydrogens is 404 g/mol. The second-order valence-corrected chi connectivity index (χ2v) is 7.56. The molecule has 1 amide bonds. The van der Waals surface area contributed by atoms with Crippen LogP contribution in [0.4, 0.5) is 0 Å². The molecule has 2 heterocycles. The maximum Gasteiger partial charge on any atom is 0.252 e. The minimum atomic E-state index is -1.31. The first-order chi connectivity index (χ1) is 14.8. The Morgan fingerprint density at radius 1 is 1.23 bits per heavy atom. The van der Waals surface area contributed by atoms with Crippen molar-refractivity contribution in [2.75, 3.05) is 20.8 Å². The maximum atomic E-state index is 11.9. The van der Waals surface area contributed by atoms with Crippen LogP contribution < -0.4 is 5.32 Å². The minimum absolute atomic E-state index is 0.237. The summed E-state index contributed by atoms with van der Waals surface area (Å²) in [6.45, 7) is 1.36. The summed E-state index contributed by atoms with van der Waals surface area (Å²) in [5.74, 6) is -0.237. The van der Waals surface area contributed by atoms with Crippen molar-refractivity contribution in [3.63, 3.8) is 0 Å². The van der Waals surface area contributed by atoms with Crippen LogP contribution in [0.2, 0.25) is 0 Å². The Balaban J connectivity index is 1.86. The molecular formula is C22H28N2O7. The number of methoxy groups -OCH3 is 1. The second-order valence-electron chi connectivity index (χ2n) is 7.56. The van der Waals surface area contributed by atoms with Gasteiger partial charge in [-0.3, -0.25) is 9.78 Å². The van der Waals surface area contributed by atoms with Crippen LogP contribution >= 0.6 is 0 Å². The number of benzene rings is 1. The first-order valence-corrected chi connectivity index (χ1v) is 9.93. The van der Waals surface area contributed by atoms with Gasteiger partial charge in [-0.15, -0.1) is 0 Å².